The van der Waals surface area contributed by atoms with E-state index in [1.165, 1.54) is 0 Å². The van der Waals surface area contributed by atoms with Crippen molar-refractivity contribution in [3.05, 3.63) is 131 Å². The molecule has 0 fully saturated rings. The Morgan fingerprint density at radius 2 is 1.27 bits per heavy atom. The van der Waals surface area contributed by atoms with E-state index in [1.807, 2.05) is 109 Å². The molecule has 0 bridgehead atoms. The van der Waals surface area contributed by atoms with Crippen LogP contribution in [0.15, 0.2) is 109 Å². The number of benzene rings is 4. The molecule has 6 heteroatoms. The first-order valence-corrected chi connectivity index (χ1v) is 14.0. The van der Waals surface area contributed by atoms with Crippen LogP contribution in [0.2, 0.25) is 0 Å². The Balaban J connectivity index is 1.54. The van der Waals surface area contributed by atoms with E-state index in [1.54, 1.807) is 19.1 Å². The van der Waals surface area contributed by atoms with Crippen LogP contribution in [0, 0.1) is 0 Å². The van der Waals surface area contributed by atoms with Crippen molar-refractivity contribution >= 4 is 11.8 Å². The summed E-state index contributed by atoms with van der Waals surface area (Å²) in [5.41, 5.74) is 4.10. The molecule has 6 nitrogen and oxygen atoms in total. The van der Waals surface area contributed by atoms with E-state index < -0.39 is 6.04 Å². The number of hydrogen-bond acceptors (Lipinski definition) is 4. The number of nitrogens with zero attached hydrogens (tertiary/aromatic N) is 1. The van der Waals surface area contributed by atoms with Crippen LogP contribution in [0.4, 0.5) is 0 Å². The molecule has 0 spiro atoms. The summed E-state index contributed by atoms with van der Waals surface area (Å²) in [6.07, 6.45) is 1.97. The molecule has 1 unspecified atom stereocenters. The molecule has 0 saturated heterocycles. The Kier molecular flexibility index (Phi) is 11.0. The molecule has 4 aromatic rings. The summed E-state index contributed by atoms with van der Waals surface area (Å²) in [5.74, 6) is 1.09. The number of amides is 2. The summed E-state index contributed by atoms with van der Waals surface area (Å²) in [6.45, 7) is 0.784. The standard InChI is InChI=1S/C35H38N2O4/c1-40-32-20-18-29(25-33(32)41-2)22-23-36-35(39)31(24-28-14-8-4-9-15-28)37(26-30-16-10-5-11-17-30)34(38)21-19-27-12-6-3-7-13-27/h3-18,20,25,31H,19,21-24,26H2,1-2H3,(H,36,39). The van der Waals surface area contributed by atoms with Gasteiger partial charge in [0.05, 0.1) is 14.2 Å². The number of carbonyl (C=O) groups excluding carboxylic acids is 2. The predicted octanol–water partition coefficient (Wildman–Crippen LogP) is 5.64. The largest absolute Gasteiger partial charge is 0.493 e. The number of methoxy groups -OCH3 is 2. The van der Waals surface area contributed by atoms with Crippen LogP contribution in [0.3, 0.4) is 0 Å². The van der Waals surface area contributed by atoms with E-state index in [2.05, 4.69) is 5.32 Å². The third-order valence-corrected chi connectivity index (χ3v) is 7.10. The normalized spacial score (nSPS) is 11.4. The Hall–Kier alpha value is -4.58. The molecule has 1 atom stereocenters. The maximum atomic E-state index is 13.8. The van der Waals surface area contributed by atoms with Crippen LogP contribution in [-0.2, 0) is 35.4 Å². The molecule has 4 aromatic carbocycles. The summed E-state index contributed by atoms with van der Waals surface area (Å²) in [6, 6.07) is 34.8. The van der Waals surface area contributed by atoms with Gasteiger partial charge in [-0.05, 0) is 47.2 Å². The second kappa shape index (κ2) is 15.3. The van der Waals surface area contributed by atoms with Gasteiger partial charge in [0, 0.05) is 25.9 Å². The van der Waals surface area contributed by atoms with Gasteiger partial charge in [0.15, 0.2) is 11.5 Å². The SMILES string of the molecule is COc1ccc(CCNC(=O)C(Cc2ccccc2)N(Cc2ccccc2)C(=O)CCc2ccccc2)cc1OC. The molecule has 0 aliphatic heterocycles. The van der Waals surface area contributed by atoms with Gasteiger partial charge in [-0.3, -0.25) is 9.59 Å². The summed E-state index contributed by atoms with van der Waals surface area (Å²) in [7, 11) is 3.21. The number of rotatable bonds is 14. The zero-order valence-corrected chi connectivity index (χ0v) is 23.8. The Labute approximate surface area is 242 Å². The van der Waals surface area contributed by atoms with Gasteiger partial charge in [0.2, 0.25) is 11.8 Å². The fourth-order valence-corrected chi connectivity index (χ4v) is 4.86. The van der Waals surface area contributed by atoms with E-state index in [9.17, 15) is 9.59 Å². The molecule has 4 rings (SSSR count). The van der Waals surface area contributed by atoms with Gasteiger partial charge in [0.25, 0.3) is 0 Å². The van der Waals surface area contributed by atoms with Gasteiger partial charge in [-0.25, -0.2) is 0 Å². The average Bonchev–Trinajstić information content (AvgIpc) is 3.02. The molecule has 2 amide bonds. The van der Waals surface area contributed by atoms with Crippen LogP contribution in [0.25, 0.3) is 0 Å². The highest BCUT2D eigenvalue weighted by atomic mass is 16.5. The van der Waals surface area contributed by atoms with Crippen molar-refractivity contribution in [2.45, 2.75) is 38.3 Å². The zero-order chi connectivity index (χ0) is 28.9. The van der Waals surface area contributed by atoms with Crippen LogP contribution < -0.4 is 14.8 Å². The lowest BCUT2D eigenvalue weighted by Gasteiger charge is -2.31. The minimum absolute atomic E-state index is 0.0475. The van der Waals surface area contributed by atoms with Crippen molar-refractivity contribution in [2.75, 3.05) is 20.8 Å². The fraction of sp³-hybridized carbons (Fsp3) is 0.257. The molecule has 0 heterocycles. The van der Waals surface area contributed by atoms with Crippen molar-refractivity contribution in [1.29, 1.82) is 0 Å². The van der Waals surface area contributed by atoms with Crippen LogP contribution in [0.1, 0.15) is 28.7 Å². The van der Waals surface area contributed by atoms with Gasteiger partial charge < -0.3 is 19.7 Å². The van der Waals surface area contributed by atoms with E-state index in [0.29, 0.717) is 50.3 Å². The second-order valence-electron chi connectivity index (χ2n) is 9.93. The van der Waals surface area contributed by atoms with E-state index in [4.69, 9.17) is 9.47 Å². The van der Waals surface area contributed by atoms with Crippen molar-refractivity contribution in [1.82, 2.24) is 10.2 Å². The molecule has 0 aliphatic rings. The summed E-state index contributed by atoms with van der Waals surface area (Å²) < 4.78 is 10.8. The van der Waals surface area contributed by atoms with Crippen LogP contribution in [-0.4, -0.2) is 43.5 Å². The second-order valence-corrected chi connectivity index (χ2v) is 9.93. The van der Waals surface area contributed by atoms with Gasteiger partial charge in [-0.1, -0.05) is 97.1 Å². The minimum Gasteiger partial charge on any atom is -0.493 e. The lowest BCUT2D eigenvalue weighted by molar-refractivity contribution is -0.141. The number of aryl methyl sites for hydroxylation is 1. The smallest absolute Gasteiger partial charge is 0.243 e. The molecule has 0 saturated carbocycles. The highest BCUT2D eigenvalue weighted by Crippen LogP contribution is 2.27. The quantitative estimate of drug-likeness (QED) is 0.221. The molecule has 0 aliphatic carbocycles. The summed E-state index contributed by atoms with van der Waals surface area (Å²) >= 11 is 0. The lowest BCUT2D eigenvalue weighted by Crippen LogP contribution is -2.50. The monoisotopic (exact) mass is 550 g/mol. The van der Waals surface area contributed by atoms with Crippen molar-refractivity contribution < 1.29 is 19.1 Å². The summed E-state index contributed by atoms with van der Waals surface area (Å²) in [4.78, 5) is 29.4. The molecule has 212 valence electrons. The van der Waals surface area contributed by atoms with Gasteiger partial charge >= 0.3 is 0 Å². The minimum atomic E-state index is -0.661. The molecule has 0 radical (unpaired) electrons. The fourth-order valence-electron chi connectivity index (χ4n) is 4.86. The zero-order valence-electron chi connectivity index (χ0n) is 23.8. The number of hydrogen-bond donors (Lipinski definition) is 1. The van der Waals surface area contributed by atoms with Crippen molar-refractivity contribution in [3.8, 4) is 11.5 Å². The first-order valence-electron chi connectivity index (χ1n) is 14.0. The molecular formula is C35H38N2O4. The van der Waals surface area contributed by atoms with Gasteiger partial charge in [0.1, 0.15) is 6.04 Å². The third kappa shape index (κ3) is 8.70. The number of carbonyl (C=O) groups is 2. The Bertz CT molecular complexity index is 1380. The van der Waals surface area contributed by atoms with E-state index in [0.717, 1.165) is 22.3 Å². The highest BCUT2D eigenvalue weighted by molar-refractivity contribution is 5.88. The van der Waals surface area contributed by atoms with Gasteiger partial charge in [-0.15, -0.1) is 0 Å². The number of nitrogens with one attached hydrogen (secondary N) is 1. The van der Waals surface area contributed by atoms with E-state index >= 15 is 0 Å². The maximum absolute atomic E-state index is 13.8. The molecular weight excluding hydrogens is 512 g/mol. The first-order chi connectivity index (χ1) is 20.1. The Morgan fingerprint density at radius 1 is 0.683 bits per heavy atom. The Morgan fingerprint density at radius 3 is 1.88 bits per heavy atom. The predicted molar refractivity (Wildman–Crippen MR) is 162 cm³/mol. The lowest BCUT2D eigenvalue weighted by atomic mass is 10.0. The summed E-state index contributed by atoms with van der Waals surface area (Å²) in [5, 5.41) is 3.11. The molecule has 1 N–H and O–H groups in total. The maximum Gasteiger partial charge on any atom is 0.243 e. The number of ether oxygens (including phenoxy) is 2. The van der Waals surface area contributed by atoms with Crippen LogP contribution >= 0.6 is 0 Å². The van der Waals surface area contributed by atoms with Crippen molar-refractivity contribution in [3.63, 3.8) is 0 Å². The van der Waals surface area contributed by atoms with Gasteiger partial charge in [-0.2, -0.15) is 0 Å². The third-order valence-electron chi connectivity index (χ3n) is 7.10. The van der Waals surface area contributed by atoms with Crippen LogP contribution in [0.5, 0.6) is 11.5 Å². The van der Waals surface area contributed by atoms with E-state index in [-0.39, 0.29) is 11.8 Å². The first kappa shape index (κ1) is 29.4. The highest BCUT2D eigenvalue weighted by Gasteiger charge is 2.30. The molecule has 0 aromatic heterocycles. The van der Waals surface area contributed by atoms with Crippen molar-refractivity contribution in [2.24, 2.45) is 0 Å². The topological polar surface area (TPSA) is 67.9 Å². The average molecular weight is 551 g/mol. The molecule has 41 heavy (non-hydrogen) atoms.